The highest BCUT2D eigenvalue weighted by Crippen LogP contribution is 2.22. The lowest BCUT2D eigenvalue weighted by molar-refractivity contribution is -0.143. The highest BCUT2D eigenvalue weighted by Gasteiger charge is 2.27. The predicted octanol–water partition coefficient (Wildman–Crippen LogP) is 1.95. The molecule has 1 aromatic rings. The third kappa shape index (κ3) is 2.78. The van der Waals surface area contributed by atoms with Gasteiger partial charge >= 0.3 is 5.97 Å². The molecule has 1 rings (SSSR count). The molecule has 0 saturated carbocycles. The lowest BCUT2D eigenvalue weighted by Crippen LogP contribution is -2.22. The summed E-state index contributed by atoms with van der Waals surface area (Å²) in [6.45, 7) is 5.95. The summed E-state index contributed by atoms with van der Waals surface area (Å²) in [5, 5.41) is 0. The van der Waals surface area contributed by atoms with Crippen LogP contribution in [0.1, 0.15) is 38.2 Å². The van der Waals surface area contributed by atoms with Crippen LogP contribution in [0.2, 0.25) is 0 Å². The molecule has 0 aliphatic heterocycles. The highest BCUT2D eigenvalue weighted by atomic mass is 16.5. The van der Waals surface area contributed by atoms with Crippen LogP contribution in [0.15, 0.2) is 12.3 Å². The van der Waals surface area contributed by atoms with E-state index in [4.69, 9.17) is 4.74 Å². The first-order chi connectivity index (χ1) is 7.60. The molecule has 0 N–H and O–H groups in total. The second-order valence-corrected chi connectivity index (χ2v) is 4.00. The van der Waals surface area contributed by atoms with Crippen molar-refractivity contribution in [3.8, 4) is 0 Å². The van der Waals surface area contributed by atoms with Gasteiger partial charge < -0.3 is 4.74 Å². The van der Waals surface area contributed by atoms with Gasteiger partial charge in [0.15, 0.2) is 0 Å². The molecule has 0 fully saturated rings. The van der Waals surface area contributed by atoms with Gasteiger partial charge in [0.25, 0.3) is 0 Å². The van der Waals surface area contributed by atoms with Gasteiger partial charge in [-0.15, -0.1) is 0 Å². The Hall–Kier alpha value is -1.45. The molecule has 0 aliphatic carbocycles. The summed E-state index contributed by atoms with van der Waals surface area (Å²) in [4.78, 5) is 20.2. The van der Waals surface area contributed by atoms with Crippen LogP contribution in [0.25, 0.3) is 0 Å². The molecule has 4 nitrogen and oxygen atoms in total. The van der Waals surface area contributed by atoms with Crippen molar-refractivity contribution in [3.63, 3.8) is 0 Å². The molecule has 0 aliphatic rings. The van der Waals surface area contributed by atoms with E-state index in [1.165, 1.54) is 7.11 Å². The zero-order valence-electron chi connectivity index (χ0n) is 10.2. The average Bonchev–Trinajstić information content (AvgIpc) is 2.29. The molecule has 0 saturated heterocycles. The topological polar surface area (TPSA) is 52.1 Å². The Labute approximate surface area is 96.1 Å². The van der Waals surface area contributed by atoms with E-state index in [9.17, 15) is 4.79 Å². The van der Waals surface area contributed by atoms with E-state index < -0.39 is 0 Å². The minimum atomic E-state index is -0.378. The number of hydrogen-bond acceptors (Lipinski definition) is 4. The first kappa shape index (κ1) is 12.6. The molecule has 0 bridgehead atoms. The SMILES string of the molecule is CCc1ccnc(C(C(=O)OC)C(C)C)n1. The molecule has 16 heavy (non-hydrogen) atoms. The van der Waals surface area contributed by atoms with Crippen LogP contribution in [0.4, 0.5) is 0 Å². The summed E-state index contributed by atoms with van der Waals surface area (Å²) in [6, 6.07) is 1.86. The number of carbonyl (C=O) groups excluding carboxylic acids is 1. The molecule has 1 atom stereocenters. The number of ether oxygens (including phenoxy) is 1. The molecular formula is C12H18N2O2. The Morgan fingerprint density at radius 1 is 1.50 bits per heavy atom. The summed E-state index contributed by atoms with van der Waals surface area (Å²) < 4.78 is 4.78. The van der Waals surface area contributed by atoms with Crippen molar-refractivity contribution < 1.29 is 9.53 Å². The summed E-state index contributed by atoms with van der Waals surface area (Å²) in [7, 11) is 1.39. The Kier molecular flexibility index (Phi) is 4.40. The first-order valence-corrected chi connectivity index (χ1v) is 5.49. The summed E-state index contributed by atoms with van der Waals surface area (Å²) in [6.07, 6.45) is 2.53. The third-order valence-electron chi connectivity index (χ3n) is 2.49. The minimum Gasteiger partial charge on any atom is -0.468 e. The van der Waals surface area contributed by atoms with Gasteiger partial charge in [0.2, 0.25) is 0 Å². The van der Waals surface area contributed by atoms with Gasteiger partial charge in [-0.25, -0.2) is 9.97 Å². The van der Waals surface area contributed by atoms with E-state index in [0.717, 1.165) is 12.1 Å². The van der Waals surface area contributed by atoms with Crippen LogP contribution in [-0.2, 0) is 16.0 Å². The third-order valence-corrected chi connectivity index (χ3v) is 2.49. The second kappa shape index (κ2) is 5.58. The van der Waals surface area contributed by atoms with Gasteiger partial charge in [-0.1, -0.05) is 20.8 Å². The molecule has 0 spiro atoms. The van der Waals surface area contributed by atoms with Crippen LogP contribution >= 0.6 is 0 Å². The maximum atomic E-state index is 11.7. The van der Waals surface area contributed by atoms with Gasteiger partial charge in [-0.2, -0.15) is 0 Å². The molecule has 1 heterocycles. The van der Waals surface area contributed by atoms with Gasteiger partial charge in [0, 0.05) is 11.9 Å². The fraction of sp³-hybridized carbons (Fsp3) is 0.583. The van der Waals surface area contributed by atoms with Crippen molar-refractivity contribution >= 4 is 5.97 Å². The van der Waals surface area contributed by atoms with Gasteiger partial charge in [-0.3, -0.25) is 4.79 Å². The lowest BCUT2D eigenvalue weighted by Gasteiger charge is -2.17. The smallest absolute Gasteiger partial charge is 0.316 e. The van der Waals surface area contributed by atoms with Crippen molar-refractivity contribution in [1.82, 2.24) is 9.97 Å². The minimum absolute atomic E-state index is 0.125. The van der Waals surface area contributed by atoms with Crippen LogP contribution in [0.5, 0.6) is 0 Å². The lowest BCUT2D eigenvalue weighted by atomic mass is 9.95. The maximum Gasteiger partial charge on any atom is 0.316 e. The second-order valence-electron chi connectivity index (χ2n) is 4.00. The van der Waals surface area contributed by atoms with E-state index in [1.807, 2.05) is 26.8 Å². The quantitative estimate of drug-likeness (QED) is 0.731. The maximum absolute atomic E-state index is 11.7. The van der Waals surface area contributed by atoms with E-state index >= 15 is 0 Å². The zero-order chi connectivity index (χ0) is 12.1. The molecule has 88 valence electrons. The number of carbonyl (C=O) groups is 1. The van der Waals surface area contributed by atoms with E-state index in [1.54, 1.807) is 6.20 Å². The van der Waals surface area contributed by atoms with Crippen molar-refractivity contribution in [3.05, 3.63) is 23.8 Å². The first-order valence-electron chi connectivity index (χ1n) is 5.49. The molecule has 0 radical (unpaired) electrons. The summed E-state index contributed by atoms with van der Waals surface area (Å²) >= 11 is 0. The van der Waals surface area contributed by atoms with Crippen LogP contribution in [0, 0.1) is 5.92 Å². The largest absolute Gasteiger partial charge is 0.468 e. The van der Waals surface area contributed by atoms with Gasteiger partial charge in [0.05, 0.1) is 7.11 Å². The normalized spacial score (nSPS) is 12.6. The van der Waals surface area contributed by atoms with Crippen molar-refractivity contribution in [2.75, 3.05) is 7.11 Å². The van der Waals surface area contributed by atoms with Gasteiger partial charge in [-0.05, 0) is 18.4 Å². The molecule has 1 aromatic heterocycles. The van der Waals surface area contributed by atoms with Crippen LogP contribution < -0.4 is 0 Å². The molecule has 0 amide bonds. The van der Waals surface area contributed by atoms with E-state index in [0.29, 0.717) is 5.82 Å². The number of rotatable bonds is 4. The highest BCUT2D eigenvalue weighted by molar-refractivity contribution is 5.77. The standard InChI is InChI=1S/C12H18N2O2/c1-5-9-6-7-13-11(14-9)10(8(2)3)12(15)16-4/h6-8,10H,5H2,1-4H3. The predicted molar refractivity (Wildman–Crippen MR) is 61.0 cm³/mol. The Balaban J connectivity index is 3.05. The number of aromatic nitrogens is 2. The molecule has 4 heteroatoms. The van der Waals surface area contributed by atoms with Crippen LogP contribution in [0.3, 0.4) is 0 Å². The number of nitrogens with zero attached hydrogens (tertiary/aromatic N) is 2. The van der Waals surface area contributed by atoms with Crippen LogP contribution in [-0.4, -0.2) is 23.0 Å². The molecule has 1 unspecified atom stereocenters. The molecule has 0 aromatic carbocycles. The Bertz CT molecular complexity index is 364. The fourth-order valence-electron chi connectivity index (χ4n) is 1.56. The zero-order valence-corrected chi connectivity index (χ0v) is 10.2. The van der Waals surface area contributed by atoms with Crippen molar-refractivity contribution in [1.29, 1.82) is 0 Å². The summed E-state index contributed by atoms with van der Waals surface area (Å²) in [5.41, 5.74) is 0.944. The average molecular weight is 222 g/mol. The van der Waals surface area contributed by atoms with Crippen molar-refractivity contribution in [2.24, 2.45) is 5.92 Å². The monoisotopic (exact) mass is 222 g/mol. The molecular weight excluding hydrogens is 204 g/mol. The fourth-order valence-corrected chi connectivity index (χ4v) is 1.56. The van der Waals surface area contributed by atoms with Crippen molar-refractivity contribution in [2.45, 2.75) is 33.1 Å². The number of hydrogen-bond donors (Lipinski definition) is 0. The Morgan fingerprint density at radius 2 is 2.19 bits per heavy atom. The number of aryl methyl sites for hydroxylation is 1. The van der Waals surface area contributed by atoms with Gasteiger partial charge in [0.1, 0.15) is 11.7 Å². The Morgan fingerprint density at radius 3 is 2.69 bits per heavy atom. The number of esters is 1. The van der Waals surface area contributed by atoms with E-state index in [2.05, 4.69) is 9.97 Å². The van der Waals surface area contributed by atoms with E-state index in [-0.39, 0.29) is 17.8 Å². The number of methoxy groups -OCH3 is 1. The summed E-state index contributed by atoms with van der Waals surface area (Å²) in [5.74, 6) is 0.0282.